The van der Waals surface area contributed by atoms with E-state index in [0.717, 1.165) is 31.5 Å². The van der Waals surface area contributed by atoms with Crippen LogP contribution in [0.4, 0.5) is 14.5 Å². The third-order valence-electron chi connectivity index (χ3n) is 7.13. The van der Waals surface area contributed by atoms with Gasteiger partial charge in [0.2, 0.25) is 5.96 Å². The van der Waals surface area contributed by atoms with Crippen molar-refractivity contribution in [2.75, 3.05) is 58.3 Å². The molecular formula is C26H40F2N6O2. The Bertz CT molecular complexity index is 900. The zero-order chi connectivity index (χ0) is 25.4. The van der Waals surface area contributed by atoms with Gasteiger partial charge in [-0.2, -0.15) is 0 Å². The quantitative estimate of drug-likeness (QED) is 0.396. The molecule has 2 fully saturated rings. The number of benzene rings is 1. The van der Waals surface area contributed by atoms with Crippen LogP contribution in [0.3, 0.4) is 0 Å². The summed E-state index contributed by atoms with van der Waals surface area (Å²) in [5.41, 5.74) is 6.59. The molecule has 0 bridgehead atoms. The number of ether oxygens (including phenoxy) is 2. The number of nitrogens with two attached hydrogens (primary N) is 1. The second kappa shape index (κ2) is 12.7. The van der Waals surface area contributed by atoms with E-state index in [1.807, 2.05) is 29.2 Å². The van der Waals surface area contributed by atoms with Crippen molar-refractivity contribution in [3.8, 4) is 11.5 Å². The lowest BCUT2D eigenvalue weighted by Crippen LogP contribution is -2.46. The first-order valence-electron chi connectivity index (χ1n) is 13.1. The predicted molar refractivity (Wildman–Crippen MR) is 139 cm³/mol. The first kappa shape index (κ1) is 26.6. The molecule has 36 heavy (non-hydrogen) atoms. The minimum Gasteiger partial charge on any atom is -0.493 e. The highest BCUT2D eigenvalue weighted by atomic mass is 19.3. The van der Waals surface area contributed by atoms with E-state index in [2.05, 4.69) is 15.5 Å². The van der Waals surface area contributed by atoms with Gasteiger partial charge in [0.25, 0.3) is 6.43 Å². The third kappa shape index (κ3) is 7.78. The first-order valence-corrected chi connectivity index (χ1v) is 13.1. The molecule has 0 radical (unpaired) electrons. The lowest BCUT2D eigenvalue weighted by Gasteiger charge is -2.36. The molecule has 0 saturated carbocycles. The number of methoxy groups -OCH3 is 1. The Kier molecular flexibility index (Phi) is 9.39. The number of guanidine groups is 1. The van der Waals surface area contributed by atoms with Gasteiger partial charge in [0, 0.05) is 24.5 Å². The van der Waals surface area contributed by atoms with Crippen LogP contribution in [0.25, 0.3) is 0 Å². The van der Waals surface area contributed by atoms with E-state index in [-0.39, 0.29) is 6.54 Å². The van der Waals surface area contributed by atoms with Crippen LogP contribution in [0, 0.1) is 5.92 Å². The number of nitrogens with one attached hydrogen (secondary N) is 2. The van der Waals surface area contributed by atoms with E-state index in [1.54, 1.807) is 13.3 Å². The summed E-state index contributed by atoms with van der Waals surface area (Å²) in [5, 5.41) is 6.43. The van der Waals surface area contributed by atoms with Gasteiger partial charge in [0.1, 0.15) is 5.66 Å². The molecule has 0 aliphatic carbocycles. The van der Waals surface area contributed by atoms with E-state index < -0.39 is 12.1 Å². The summed E-state index contributed by atoms with van der Waals surface area (Å²) in [4.78, 5) is 9.04. The maximum atomic E-state index is 12.7. The molecule has 0 spiro atoms. The van der Waals surface area contributed by atoms with Crippen molar-refractivity contribution in [1.82, 2.24) is 15.1 Å². The third-order valence-corrected chi connectivity index (χ3v) is 7.13. The summed E-state index contributed by atoms with van der Waals surface area (Å²) in [6, 6.07) is 5.70. The number of hydrogen-bond acceptors (Lipinski definition) is 8. The standard InChI is InChI=1S/C26H40F2N6O2/c1-35-22-6-5-21(17-23(22)36-16-4-13-33-11-2-3-12-33)31-25-30-10-9-26(29,32-25)18-20-7-14-34(15-8-20)19-24(27)28/h5-6,9-10,17,20,24H,2-4,7-8,11-16,18-19,29H2,1H3,(H2,30,31,32). The molecule has 200 valence electrons. The number of anilines is 1. The normalized spacial score (nSPS) is 23.5. The summed E-state index contributed by atoms with van der Waals surface area (Å²) >= 11 is 0. The van der Waals surface area contributed by atoms with Crippen molar-refractivity contribution in [3.05, 3.63) is 30.5 Å². The Balaban J connectivity index is 1.31. The fourth-order valence-electron chi connectivity index (χ4n) is 5.23. The number of alkyl halides is 2. The summed E-state index contributed by atoms with van der Waals surface area (Å²) in [5.74, 6) is 2.27. The molecule has 10 heteroatoms. The van der Waals surface area contributed by atoms with E-state index in [9.17, 15) is 8.78 Å². The van der Waals surface area contributed by atoms with Crippen molar-refractivity contribution < 1.29 is 18.3 Å². The Labute approximate surface area is 212 Å². The van der Waals surface area contributed by atoms with Gasteiger partial charge in [-0.3, -0.25) is 4.90 Å². The number of hydrogen-bond donors (Lipinski definition) is 3. The Morgan fingerprint density at radius 2 is 1.94 bits per heavy atom. The number of aliphatic imine (C=N–C) groups is 1. The molecule has 1 aromatic carbocycles. The summed E-state index contributed by atoms with van der Waals surface area (Å²) in [6.07, 6.45) is 7.31. The number of likely N-dealkylation sites (tertiary alicyclic amines) is 2. The van der Waals surface area contributed by atoms with E-state index in [1.165, 1.54) is 25.9 Å². The summed E-state index contributed by atoms with van der Waals surface area (Å²) in [6.45, 7) is 5.25. The molecule has 3 aliphatic rings. The minimum atomic E-state index is -2.29. The fraction of sp³-hybridized carbons (Fsp3) is 0.654. The lowest BCUT2D eigenvalue weighted by molar-refractivity contribution is 0.0661. The van der Waals surface area contributed by atoms with Crippen molar-refractivity contribution in [2.45, 2.75) is 50.6 Å². The molecule has 4 rings (SSSR count). The van der Waals surface area contributed by atoms with Gasteiger partial charge in [0.05, 0.1) is 20.3 Å². The van der Waals surface area contributed by atoms with Crippen LogP contribution < -0.4 is 25.8 Å². The second-order valence-corrected chi connectivity index (χ2v) is 10.0. The van der Waals surface area contributed by atoms with Gasteiger partial charge >= 0.3 is 0 Å². The fourth-order valence-corrected chi connectivity index (χ4v) is 5.23. The van der Waals surface area contributed by atoms with Crippen molar-refractivity contribution in [3.63, 3.8) is 0 Å². The monoisotopic (exact) mass is 506 g/mol. The molecular weight excluding hydrogens is 466 g/mol. The van der Waals surface area contributed by atoms with Crippen LogP contribution in [-0.4, -0.2) is 80.8 Å². The number of nitrogens with zero attached hydrogens (tertiary/aromatic N) is 3. The summed E-state index contributed by atoms with van der Waals surface area (Å²) in [7, 11) is 1.64. The van der Waals surface area contributed by atoms with Gasteiger partial charge < -0.3 is 30.7 Å². The molecule has 3 heterocycles. The van der Waals surface area contributed by atoms with E-state index >= 15 is 0 Å². The largest absolute Gasteiger partial charge is 0.493 e. The number of halogens is 2. The zero-order valence-electron chi connectivity index (χ0n) is 21.2. The molecule has 0 aromatic heterocycles. The zero-order valence-corrected chi connectivity index (χ0v) is 21.2. The molecule has 4 N–H and O–H groups in total. The summed E-state index contributed by atoms with van der Waals surface area (Å²) < 4.78 is 36.8. The van der Waals surface area contributed by atoms with Gasteiger partial charge in [-0.15, -0.1) is 0 Å². The Hall–Kier alpha value is -2.43. The first-order chi connectivity index (χ1) is 17.4. The van der Waals surface area contributed by atoms with Crippen LogP contribution in [0.15, 0.2) is 35.5 Å². The lowest BCUT2D eigenvalue weighted by atomic mass is 9.87. The maximum Gasteiger partial charge on any atom is 0.251 e. The number of rotatable bonds is 11. The second-order valence-electron chi connectivity index (χ2n) is 10.0. The number of piperidine rings is 1. The molecule has 3 aliphatic heterocycles. The van der Waals surface area contributed by atoms with Crippen LogP contribution in [0.5, 0.6) is 11.5 Å². The van der Waals surface area contributed by atoms with Crippen molar-refractivity contribution in [1.29, 1.82) is 0 Å². The van der Waals surface area contributed by atoms with Crippen LogP contribution in [-0.2, 0) is 0 Å². The topological polar surface area (TPSA) is 87.4 Å². The molecule has 2 saturated heterocycles. The molecule has 8 nitrogen and oxygen atoms in total. The maximum absolute atomic E-state index is 12.7. The minimum absolute atomic E-state index is 0.150. The highest BCUT2D eigenvalue weighted by molar-refractivity contribution is 5.95. The van der Waals surface area contributed by atoms with Crippen LogP contribution in [0.2, 0.25) is 0 Å². The van der Waals surface area contributed by atoms with Crippen molar-refractivity contribution in [2.24, 2.45) is 16.6 Å². The molecule has 1 unspecified atom stereocenters. The smallest absolute Gasteiger partial charge is 0.251 e. The van der Waals surface area contributed by atoms with E-state index in [4.69, 9.17) is 20.2 Å². The molecule has 0 amide bonds. The molecule has 1 aromatic rings. The highest BCUT2D eigenvalue weighted by Gasteiger charge is 2.31. The van der Waals surface area contributed by atoms with Gasteiger partial charge in [-0.05, 0) is 88.8 Å². The Morgan fingerprint density at radius 1 is 1.17 bits per heavy atom. The van der Waals surface area contributed by atoms with Gasteiger partial charge in [-0.1, -0.05) is 0 Å². The SMILES string of the molecule is COc1ccc(NC2=NC(N)(CC3CCN(CC(F)F)CC3)C=CN2)cc1OCCCN1CCCC1. The van der Waals surface area contributed by atoms with E-state index in [0.29, 0.717) is 49.5 Å². The average molecular weight is 507 g/mol. The van der Waals surface area contributed by atoms with Gasteiger partial charge in [-0.25, -0.2) is 13.8 Å². The van der Waals surface area contributed by atoms with Gasteiger partial charge in [0.15, 0.2) is 11.5 Å². The predicted octanol–water partition coefficient (Wildman–Crippen LogP) is 3.47. The average Bonchev–Trinajstić information content (AvgIpc) is 3.36. The Morgan fingerprint density at radius 3 is 2.67 bits per heavy atom. The molecule has 1 atom stereocenters. The van der Waals surface area contributed by atoms with Crippen molar-refractivity contribution >= 4 is 11.6 Å². The van der Waals surface area contributed by atoms with Crippen LogP contribution >= 0.6 is 0 Å². The van der Waals surface area contributed by atoms with Crippen LogP contribution in [0.1, 0.15) is 38.5 Å². The highest BCUT2D eigenvalue weighted by Crippen LogP contribution is 2.31.